The number of rotatable bonds is 8. The summed E-state index contributed by atoms with van der Waals surface area (Å²) < 4.78 is 74.3. The highest BCUT2D eigenvalue weighted by molar-refractivity contribution is 5.90. The van der Waals surface area contributed by atoms with Gasteiger partial charge in [-0.05, 0) is 18.8 Å². The summed E-state index contributed by atoms with van der Waals surface area (Å²) >= 11 is 0. The van der Waals surface area contributed by atoms with Crippen molar-refractivity contribution in [2.45, 2.75) is 26.1 Å². The van der Waals surface area contributed by atoms with E-state index >= 15 is 0 Å². The lowest BCUT2D eigenvalue weighted by Gasteiger charge is -2.24. The molecule has 15 heteroatoms. The molecule has 1 aromatic heterocycles. The first-order valence-corrected chi connectivity index (χ1v) is 11.6. The van der Waals surface area contributed by atoms with Crippen molar-refractivity contribution in [1.82, 2.24) is 5.32 Å². The average molecular weight is 543 g/mol. The number of carbonyl (C=O) groups is 3. The fraction of sp³-hybridized carbons (Fsp3) is 0.478. The molecule has 0 spiro atoms. The quantitative estimate of drug-likeness (QED) is 0.392. The minimum absolute atomic E-state index is 0.103. The number of alkyl halides is 2. The summed E-state index contributed by atoms with van der Waals surface area (Å²) in [7, 11) is 0. The van der Waals surface area contributed by atoms with Gasteiger partial charge in [0.1, 0.15) is 11.8 Å². The molecule has 3 aliphatic rings. The maximum absolute atomic E-state index is 15.0. The number of hydrogen-bond donors (Lipinski definition) is 1. The van der Waals surface area contributed by atoms with Gasteiger partial charge in [0.05, 0.1) is 24.7 Å². The van der Waals surface area contributed by atoms with Crippen LogP contribution in [0.5, 0.6) is 0 Å². The zero-order valence-electron chi connectivity index (χ0n) is 19.7. The summed E-state index contributed by atoms with van der Waals surface area (Å²) in [6, 6.07) is 1.91. The van der Waals surface area contributed by atoms with Gasteiger partial charge < -0.3 is 28.5 Å². The van der Waals surface area contributed by atoms with E-state index in [2.05, 4.69) is 0 Å². The lowest BCUT2D eigenvalue weighted by molar-refractivity contribution is -0.148. The van der Waals surface area contributed by atoms with E-state index in [9.17, 15) is 36.7 Å². The summed E-state index contributed by atoms with van der Waals surface area (Å²) in [5.74, 6) is -5.29. The van der Waals surface area contributed by atoms with Crippen molar-refractivity contribution >= 4 is 29.3 Å². The summed E-state index contributed by atoms with van der Waals surface area (Å²) in [6.45, 7) is 1.04. The zero-order valence-corrected chi connectivity index (χ0v) is 19.7. The predicted octanol–water partition coefficient (Wildman–Crippen LogP) is 1.95. The molecule has 3 unspecified atom stereocenters. The highest BCUT2D eigenvalue weighted by Crippen LogP contribution is 2.53. The van der Waals surface area contributed by atoms with Crippen molar-refractivity contribution in [3.05, 3.63) is 45.9 Å². The topological polar surface area (TPSA) is 132 Å². The normalized spacial score (nSPS) is 24.0. The van der Waals surface area contributed by atoms with E-state index in [0.717, 1.165) is 17.0 Å². The SMILES string of the molecule is Cc1oc(=O)oc1COC(=O)C1C2CN(c3c(F)cc(N4CC(CNC(=O)C(F)F)OC4=O)cc3F)CC21. The molecule has 1 aromatic carbocycles. The number of nitrogens with zero attached hydrogens (tertiary/aromatic N) is 2. The largest absolute Gasteiger partial charge is 0.519 e. The molecule has 3 atom stereocenters. The Bertz CT molecular complexity index is 1310. The molecule has 1 saturated carbocycles. The molecule has 38 heavy (non-hydrogen) atoms. The Hall–Kier alpha value is -4.04. The van der Waals surface area contributed by atoms with Gasteiger partial charge in [0.25, 0.3) is 5.91 Å². The second kappa shape index (κ2) is 9.68. The van der Waals surface area contributed by atoms with Crippen LogP contribution in [0, 0.1) is 36.3 Å². The number of fused-ring (bicyclic) bond motifs is 1. The number of carbonyl (C=O) groups excluding carboxylic acids is 3. The molecular weight excluding hydrogens is 522 g/mol. The Balaban J connectivity index is 1.17. The van der Waals surface area contributed by atoms with Crippen LogP contribution in [0.15, 0.2) is 25.8 Å². The second-order valence-corrected chi connectivity index (χ2v) is 9.22. The molecule has 1 aliphatic carbocycles. The van der Waals surface area contributed by atoms with Gasteiger partial charge in [0.15, 0.2) is 29.8 Å². The molecule has 2 aliphatic heterocycles. The molecule has 3 heterocycles. The van der Waals surface area contributed by atoms with E-state index in [-0.39, 0.29) is 67.5 Å². The first kappa shape index (κ1) is 25.6. The molecule has 2 aromatic rings. The van der Waals surface area contributed by atoms with Gasteiger partial charge in [-0.3, -0.25) is 14.5 Å². The van der Waals surface area contributed by atoms with Crippen molar-refractivity contribution in [1.29, 1.82) is 0 Å². The van der Waals surface area contributed by atoms with Gasteiger partial charge in [-0.2, -0.15) is 8.78 Å². The van der Waals surface area contributed by atoms with Gasteiger partial charge >= 0.3 is 24.3 Å². The first-order valence-electron chi connectivity index (χ1n) is 11.6. The Morgan fingerprint density at radius 3 is 2.34 bits per heavy atom. The maximum Gasteiger partial charge on any atom is 0.519 e. The van der Waals surface area contributed by atoms with Crippen LogP contribution < -0.4 is 20.9 Å². The lowest BCUT2D eigenvalue weighted by Crippen LogP contribution is -2.37. The number of piperidine rings is 1. The molecule has 2 amide bonds. The van der Waals surface area contributed by atoms with E-state index in [1.165, 1.54) is 11.8 Å². The second-order valence-electron chi connectivity index (χ2n) is 9.22. The number of benzene rings is 1. The van der Waals surface area contributed by atoms with E-state index in [1.807, 2.05) is 5.32 Å². The van der Waals surface area contributed by atoms with Crippen molar-refractivity contribution in [3.63, 3.8) is 0 Å². The highest BCUT2D eigenvalue weighted by Gasteiger charge is 2.61. The van der Waals surface area contributed by atoms with E-state index in [4.69, 9.17) is 18.3 Å². The van der Waals surface area contributed by atoms with Crippen LogP contribution in [0.4, 0.5) is 33.7 Å². The molecule has 0 radical (unpaired) electrons. The molecule has 0 bridgehead atoms. The fourth-order valence-electron chi connectivity index (χ4n) is 4.94. The monoisotopic (exact) mass is 543 g/mol. The molecule has 2 saturated heterocycles. The molecular formula is C23H21F4N3O8. The number of esters is 1. The van der Waals surface area contributed by atoms with Crippen LogP contribution in [0.25, 0.3) is 0 Å². The number of aryl methyl sites for hydroxylation is 1. The number of hydrogen-bond acceptors (Lipinski definition) is 9. The minimum Gasteiger partial charge on any atom is -0.457 e. The van der Waals surface area contributed by atoms with Crippen molar-refractivity contribution < 1.29 is 50.3 Å². The van der Waals surface area contributed by atoms with Gasteiger partial charge in [0.2, 0.25) is 0 Å². The Kier molecular flexibility index (Phi) is 6.53. The van der Waals surface area contributed by atoms with Crippen LogP contribution in [0.3, 0.4) is 0 Å². The average Bonchev–Trinajstić information content (AvgIpc) is 3.13. The summed E-state index contributed by atoms with van der Waals surface area (Å²) in [6.07, 6.45) is -5.15. The Labute approximate surface area is 211 Å². The third kappa shape index (κ3) is 4.79. The number of cyclic esters (lactones) is 1. The van der Waals surface area contributed by atoms with Crippen LogP contribution in [0.1, 0.15) is 11.5 Å². The molecule has 204 valence electrons. The van der Waals surface area contributed by atoms with Crippen LogP contribution >= 0.6 is 0 Å². The number of nitrogens with one attached hydrogen (secondary N) is 1. The standard InChI is InChI=1S/C23H21F4N3O8/c1-9-16(38-23(34)36-9)8-35-21(32)17-12-6-29(7-13(12)17)18-14(24)2-10(3-15(18)25)30-5-11(37-22(30)33)4-28-20(31)19(26)27/h2-3,11-13,17,19H,4-8H2,1H3,(H,28,31). The van der Waals surface area contributed by atoms with E-state index in [1.54, 1.807) is 0 Å². The number of halogens is 4. The molecule has 3 fully saturated rings. The third-order valence-electron chi connectivity index (χ3n) is 6.85. The lowest BCUT2D eigenvalue weighted by atomic mass is 10.2. The predicted molar refractivity (Wildman–Crippen MR) is 117 cm³/mol. The smallest absolute Gasteiger partial charge is 0.457 e. The number of anilines is 2. The van der Waals surface area contributed by atoms with Gasteiger partial charge in [-0.25, -0.2) is 18.4 Å². The fourth-order valence-corrected chi connectivity index (χ4v) is 4.94. The van der Waals surface area contributed by atoms with Crippen molar-refractivity contribution in [3.8, 4) is 0 Å². The molecule has 1 N–H and O–H groups in total. The Morgan fingerprint density at radius 2 is 1.76 bits per heavy atom. The summed E-state index contributed by atoms with van der Waals surface area (Å²) in [4.78, 5) is 49.1. The van der Waals surface area contributed by atoms with E-state index < -0.39 is 53.9 Å². The Morgan fingerprint density at radius 1 is 1.11 bits per heavy atom. The van der Waals surface area contributed by atoms with Crippen LogP contribution in [-0.4, -0.2) is 56.7 Å². The van der Waals surface area contributed by atoms with Crippen molar-refractivity contribution in [2.75, 3.05) is 36.0 Å². The highest BCUT2D eigenvalue weighted by atomic mass is 19.3. The number of ether oxygens (including phenoxy) is 2. The molecule has 11 nitrogen and oxygen atoms in total. The van der Waals surface area contributed by atoms with Crippen LogP contribution in [0.2, 0.25) is 0 Å². The number of amides is 2. The van der Waals surface area contributed by atoms with Gasteiger partial charge in [-0.1, -0.05) is 0 Å². The van der Waals surface area contributed by atoms with Crippen LogP contribution in [-0.2, 0) is 25.7 Å². The summed E-state index contributed by atoms with van der Waals surface area (Å²) in [5.41, 5.74) is -0.444. The van der Waals surface area contributed by atoms with Gasteiger partial charge in [-0.15, -0.1) is 0 Å². The molecule has 5 rings (SSSR count). The maximum atomic E-state index is 15.0. The third-order valence-corrected chi connectivity index (χ3v) is 6.85. The minimum atomic E-state index is -3.23. The van der Waals surface area contributed by atoms with Gasteiger partial charge in [0, 0.05) is 25.2 Å². The summed E-state index contributed by atoms with van der Waals surface area (Å²) in [5, 5.41) is 1.92. The van der Waals surface area contributed by atoms with E-state index in [0.29, 0.717) is 0 Å². The zero-order chi connectivity index (χ0) is 27.3. The van der Waals surface area contributed by atoms with Crippen molar-refractivity contribution in [2.24, 2.45) is 17.8 Å². The first-order chi connectivity index (χ1) is 18.0.